The Morgan fingerprint density at radius 2 is 1.95 bits per heavy atom. The average molecular weight is 397 g/mol. The fourth-order valence-electron chi connectivity index (χ4n) is 2.32. The maximum Gasteiger partial charge on any atom is 0.252 e. The van der Waals surface area contributed by atoms with E-state index in [0.717, 1.165) is 20.4 Å². The second-order valence-electron chi connectivity index (χ2n) is 5.25. The predicted molar refractivity (Wildman–Crippen MR) is 89.3 cm³/mol. The highest BCUT2D eigenvalue weighted by Crippen LogP contribution is 2.31. The third-order valence-electron chi connectivity index (χ3n) is 3.63. The first-order valence-electron chi connectivity index (χ1n) is 6.80. The number of aromatic nitrogens is 1. The number of aryl methyl sites for hydroxylation is 2. The molecule has 0 bridgehead atoms. The topological polar surface area (TPSA) is 40.5 Å². The third-order valence-corrected chi connectivity index (χ3v) is 4.47. The van der Waals surface area contributed by atoms with Gasteiger partial charge in [0.05, 0.1) is 29.0 Å². The van der Waals surface area contributed by atoms with Gasteiger partial charge in [-0.15, -0.1) is 0 Å². The Labute approximate surface area is 136 Å². The normalized spacial score (nSPS) is 14.8. The summed E-state index contributed by atoms with van der Waals surface area (Å²) in [5.41, 5.74) is 2.15. The molecule has 110 valence electrons. The molecule has 2 heterocycles. The summed E-state index contributed by atoms with van der Waals surface area (Å²) in [4.78, 5) is 12.1. The van der Waals surface area contributed by atoms with Gasteiger partial charge in [-0.3, -0.25) is 4.79 Å². The fourth-order valence-corrected chi connectivity index (χ4v) is 2.84. The number of ether oxygens (including phenoxy) is 2. The molecule has 0 aliphatic carbocycles. The number of nitrogens with zero attached hydrogens (tertiary/aromatic N) is 1. The number of hydrogen-bond donors (Lipinski definition) is 0. The van der Waals surface area contributed by atoms with Crippen LogP contribution in [0.1, 0.15) is 17.2 Å². The van der Waals surface area contributed by atoms with Gasteiger partial charge in [0.25, 0.3) is 5.56 Å². The second kappa shape index (κ2) is 5.81. The number of rotatable bonds is 3. The summed E-state index contributed by atoms with van der Waals surface area (Å²) in [7, 11) is 0. The lowest BCUT2D eigenvalue weighted by Gasteiger charge is -2.28. The fraction of sp³-hybridized carbons (Fsp3) is 0.312. The minimum Gasteiger partial charge on any atom is -0.454 e. The lowest BCUT2D eigenvalue weighted by molar-refractivity contribution is -0.0250. The van der Waals surface area contributed by atoms with Crippen LogP contribution in [0, 0.1) is 17.4 Å². The summed E-state index contributed by atoms with van der Waals surface area (Å²) in [5.74, 6) is 1.56. The van der Waals surface area contributed by atoms with E-state index in [0.29, 0.717) is 19.0 Å². The predicted octanol–water partition coefficient (Wildman–Crippen LogP) is 3.43. The van der Waals surface area contributed by atoms with E-state index in [1.54, 1.807) is 16.8 Å². The average Bonchev–Trinajstić information content (AvgIpc) is 2.36. The molecule has 0 unspecified atom stereocenters. The molecular formula is C16H16INO3. The molecule has 0 atom stereocenters. The number of hydrogen-bond acceptors (Lipinski definition) is 3. The van der Waals surface area contributed by atoms with E-state index in [9.17, 15) is 4.79 Å². The largest absolute Gasteiger partial charge is 0.454 e. The molecule has 1 aromatic heterocycles. The van der Waals surface area contributed by atoms with Gasteiger partial charge in [-0.05, 0) is 47.6 Å². The van der Waals surface area contributed by atoms with Crippen LogP contribution >= 0.6 is 22.6 Å². The first-order valence-corrected chi connectivity index (χ1v) is 7.87. The molecule has 0 spiro atoms. The van der Waals surface area contributed by atoms with Crippen LogP contribution in [0.2, 0.25) is 0 Å². The van der Waals surface area contributed by atoms with Gasteiger partial charge in [0.2, 0.25) is 0 Å². The van der Waals surface area contributed by atoms with Crippen molar-refractivity contribution in [1.29, 1.82) is 0 Å². The molecule has 1 fully saturated rings. The minimum absolute atomic E-state index is 0.0124. The van der Waals surface area contributed by atoms with Gasteiger partial charge >= 0.3 is 0 Å². The zero-order chi connectivity index (χ0) is 15.0. The summed E-state index contributed by atoms with van der Waals surface area (Å²) >= 11 is 2.14. The van der Waals surface area contributed by atoms with Crippen molar-refractivity contribution in [3.63, 3.8) is 0 Å². The molecule has 3 rings (SSSR count). The van der Waals surface area contributed by atoms with E-state index >= 15 is 0 Å². The third kappa shape index (κ3) is 2.85. The summed E-state index contributed by atoms with van der Waals surface area (Å²) in [5, 5.41) is 0. The van der Waals surface area contributed by atoms with Crippen molar-refractivity contribution >= 4 is 22.6 Å². The molecule has 0 radical (unpaired) electrons. The van der Waals surface area contributed by atoms with Crippen LogP contribution in [0.15, 0.2) is 35.3 Å². The van der Waals surface area contributed by atoms with Crippen LogP contribution in [0.25, 0.3) is 0 Å². The molecule has 2 aromatic rings. The van der Waals surface area contributed by atoms with Crippen molar-refractivity contribution in [2.24, 2.45) is 0 Å². The van der Waals surface area contributed by atoms with Crippen molar-refractivity contribution in [1.82, 2.24) is 4.57 Å². The van der Waals surface area contributed by atoms with Crippen molar-refractivity contribution in [3.8, 4) is 11.5 Å². The van der Waals surface area contributed by atoms with Crippen molar-refractivity contribution in [2.75, 3.05) is 13.2 Å². The maximum absolute atomic E-state index is 12.1. The Morgan fingerprint density at radius 3 is 2.52 bits per heavy atom. The van der Waals surface area contributed by atoms with Crippen molar-refractivity contribution in [2.45, 2.75) is 19.9 Å². The number of para-hydroxylation sites is 1. The first-order chi connectivity index (χ1) is 10.1. The van der Waals surface area contributed by atoms with Gasteiger partial charge in [-0.2, -0.15) is 0 Å². The minimum atomic E-state index is -0.0124. The summed E-state index contributed by atoms with van der Waals surface area (Å²) in [6, 6.07) is 7.78. The maximum atomic E-state index is 12.1. The van der Waals surface area contributed by atoms with E-state index < -0.39 is 0 Å². The Balaban J connectivity index is 2.00. The molecule has 1 aliphatic rings. The second-order valence-corrected chi connectivity index (χ2v) is 6.41. The molecule has 1 aliphatic heterocycles. The molecule has 1 aromatic carbocycles. The van der Waals surface area contributed by atoms with E-state index in [4.69, 9.17) is 9.47 Å². The Bertz CT molecular complexity index is 715. The van der Waals surface area contributed by atoms with E-state index in [-0.39, 0.29) is 11.6 Å². The lowest BCUT2D eigenvalue weighted by atomic mass is 10.1. The number of halogens is 1. The van der Waals surface area contributed by atoms with E-state index in [1.165, 1.54) is 0 Å². The number of benzene rings is 1. The van der Waals surface area contributed by atoms with Crippen LogP contribution in [0.4, 0.5) is 0 Å². The highest BCUT2D eigenvalue weighted by atomic mass is 127. The lowest BCUT2D eigenvalue weighted by Crippen LogP contribution is -2.37. The molecular weight excluding hydrogens is 381 g/mol. The molecule has 5 heteroatoms. The van der Waals surface area contributed by atoms with Crippen molar-refractivity contribution < 1.29 is 9.47 Å². The van der Waals surface area contributed by atoms with Gasteiger partial charge < -0.3 is 14.0 Å². The van der Waals surface area contributed by atoms with Gasteiger partial charge in [0, 0.05) is 6.07 Å². The quantitative estimate of drug-likeness (QED) is 0.746. The monoisotopic (exact) mass is 397 g/mol. The van der Waals surface area contributed by atoms with E-state index in [1.807, 2.05) is 32.0 Å². The van der Waals surface area contributed by atoms with Crippen molar-refractivity contribution in [3.05, 3.63) is 55.5 Å². The SMILES string of the molecule is Cc1cccc(C)c1Oc1cn(C2COC2)c(=O)cc1I. The zero-order valence-electron chi connectivity index (χ0n) is 11.9. The van der Waals surface area contributed by atoms with Gasteiger partial charge in [-0.1, -0.05) is 18.2 Å². The van der Waals surface area contributed by atoms with Gasteiger partial charge in [0.1, 0.15) is 5.75 Å². The van der Waals surface area contributed by atoms with Gasteiger partial charge in [-0.25, -0.2) is 0 Å². The summed E-state index contributed by atoms with van der Waals surface area (Å²) in [6.07, 6.45) is 1.79. The molecule has 1 saturated heterocycles. The van der Waals surface area contributed by atoms with Gasteiger partial charge in [0.15, 0.2) is 5.75 Å². The summed E-state index contributed by atoms with van der Waals surface area (Å²) in [6.45, 7) is 5.21. The van der Waals surface area contributed by atoms with Crippen LogP contribution in [0.5, 0.6) is 11.5 Å². The Hall–Kier alpha value is -1.34. The molecule has 0 amide bonds. The first kappa shape index (κ1) is 14.6. The highest BCUT2D eigenvalue weighted by molar-refractivity contribution is 14.1. The molecule has 0 N–H and O–H groups in total. The van der Waals surface area contributed by atoms with E-state index in [2.05, 4.69) is 22.6 Å². The van der Waals surface area contributed by atoms with Crippen LogP contribution < -0.4 is 10.3 Å². The van der Waals surface area contributed by atoms with Crippen LogP contribution in [0.3, 0.4) is 0 Å². The highest BCUT2D eigenvalue weighted by Gasteiger charge is 2.22. The Kier molecular flexibility index (Phi) is 4.03. The smallest absolute Gasteiger partial charge is 0.252 e. The summed E-state index contributed by atoms with van der Waals surface area (Å²) < 4.78 is 13.8. The Morgan fingerprint density at radius 1 is 1.29 bits per heavy atom. The standard InChI is InChI=1S/C16H16INO3/c1-10-4-3-5-11(2)16(10)21-14-7-18(12-8-20-9-12)15(19)6-13(14)17/h3-7,12H,8-9H2,1-2H3. The van der Waals surface area contributed by atoms with Crippen LogP contribution in [-0.4, -0.2) is 17.8 Å². The van der Waals surface area contributed by atoms with Crippen LogP contribution in [-0.2, 0) is 4.74 Å². The molecule has 21 heavy (non-hydrogen) atoms. The number of pyridine rings is 1. The zero-order valence-corrected chi connectivity index (χ0v) is 14.1. The molecule has 0 saturated carbocycles. The molecule has 4 nitrogen and oxygen atoms in total.